The second-order valence-electron chi connectivity index (χ2n) is 5.88. The van der Waals surface area contributed by atoms with E-state index in [0.29, 0.717) is 6.42 Å². The Balaban J connectivity index is 1.79. The van der Waals surface area contributed by atoms with E-state index in [2.05, 4.69) is 39.8 Å². The molecule has 1 heterocycles. The van der Waals surface area contributed by atoms with Crippen molar-refractivity contribution < 1.29 is 9.59 Å². The van der Waals surface area contributed by atoms with Gasteiger partial charge in [0.2, 0.25) is 11.8 Å². The topological polar surface area (TPSA) is 86.2 Å². The Bertz CT molecular complexity index is 663. The number of hydrogen-bond acceptors (Lipinski definition) is 5. The average molecular weight is 343 g/mol. The highest BCUT2D eigenvalue weighted by atomic mass is 16.2. The van der Waals surface area contributed by atoms with Crippen molar-refractivity contribution in [2.45, 2.75) is 33.6 Å². The average Bonchev–Trinajstić information content (AvgIpc) is 2.93. The molecule has 0 saturated heterocycles. The molecule has 1 aliphatic heterocycles. The van der Waals surface area contributed by atoms with Gasteiger partial charge in [0.25, 0.3) is 0 Å². The number of nitrogens with one attached hydrogen (secondary N) is 2. The number of nitrogens with zero attached hydrogens (tertiary/aromatic N) is 3. The van der Waals surface area contributed by atoms with E-state index in [1.165, 1.54) is 0 Å². The minimum atomic E-state index is -0.317. The second-order valence-corrected chi connectivity index (χ2v) is 5.88. The number of anilines is 1. The Labute approximate surface area is 148 Å². The van der Waals surface area contributed by atoms with Gasteiger partial charge in [-0.15, -0.1) is 0 Å². The Kier molecular flexibility index (Phi) is 6.68. The van der Waals surface area contributed by atoms with E-state index in [4.69, 9.17) is 0 Å². The van der Waals surface area contributed by atoms with E-state index in [1.54, 1.807) is 13.1 Å². The molecule has 25 heavy (non-hydrogen) atoms. The molecule has 1 aromatic carbocycles. The smallest absolute Gasteiger partial charge is 0.248 e. The van der Waals surface area contributed by atoms with Crippen molar-refractivity contribution >= 4 is 29.4 Å². The first-order chi connectivity index (χ1) is 12.0. The summed E-state index contributed by atoms with van der Waals surface area (Å²) in [6, 6.07) is 8.01. The van der Waals surface area contributed by atoms with Gasteiger partial charge in [-0.1, -0.05) is 12.1 Å². The number of rotatable bonds is 8. The molecular weight excluding hydrogens is 318 g/mol. The van der Waals surface area contributed by atoms with E-state index in [0.717, 1.165) is 30.1 Å². The van der Waals surface area contributed by atoms with Crippen molar-refractivity contribution in [2.24, 2.45) is 16.1 Å². The molecule has 0 bridgehead atoms. The Morgan fingerprint density at radius 3 is 2.56 bits per heavy atom. The molecule has 134 valence electrons. The first-order valence-corrected chi connectivity index (χ1v) is 8.56. The van der Waals surface area contributed by atoms with Crippen LogP contribution in [0.25, 0.3) is 0 Å². The van der Waals surface area contributed by atoms with Crippen LogP contribution in [0, 0.1) is 5.92 Å². The lowest BCUT2D eigenvalue weighted by Gasteiger charge is -2.20. The molecule has 1 aromatic rings. The van der Waals surface area contributed by atoms with Crippen LogP contribution in [0.2, 0.25) is 0 Å². The van der Waals surface area contributed by atoms with Crippen LogP contribution in [0.5, 0.6) is 0 Å². The first kappa shape index (κ1) is 18.6. The number of hydrazone groups is 2. The van der Waals surface area contributed by atoms with Crippen LogP contribution >= 0.6 is 0 Å². The highest BCUT2D eigenvalue weighted by Gasteiger charge is 2.26. The number of hydrogen-bond donors (Lipinski definition) is 2. The van der Waals surface area contributed by atoms with Gasteiger partial charge in [0, 0.05) is 30.9 Å². The van der Waals surface area contributed by atoms with Crippen LogP contribution in [0.4, 0.5) is 5.69 Å². The predicted octanol–water partition coefficient (Wildman–Crippen LogP) is 1.88. The standard InChI is InChI=1S/C18H25N5O2/c1-4-23(5-2)15-8-6-14(7-9-15)12-19-21-17(24)11-10-16-13(3)20-22-18(16)25/h6-9,12,16H,4-5,10-11H2,1-3H3,(H,21,24)(H,22,25)/b19-12-/t16-/m0/s1. The summed E-state index contributed by atoms with van der Waals surface area (Å²) >= 11 is 0. The van der Waals surface area contributed by atoms with Gasteiger partial charge < -0.3 is 4.90 Å². The summed E-state index contributed by atoms with van der Waals surface area (Å²) in [4.78, 5) is 25.6. The molecule has 7 heteroatoms. The molecule has 0 fully saturated rings. The molecular formula is C18H25N5O2. The van der Waals surface area contributed by atoms with Gasteiger partial charge in [-0.2, -0.15) is 10.2 Å². The SMILES string of the molecule is CCN(CC)c1ccc(/C=N\NC(=O)CC[C@@H]2C(=O)NN=C2C)cc1. The summed E-state index contributed by atoms with van der Waals surface area (Å²) in [5.74, 6) is -0.687. The van der Waals surface area contributed by atoms with E-state index in [-0.39, 0.29) is 24.2 Å². The largest absolute Gasteiger partial charge is 0.372 e. The Hall–Kier alpha value is -2.70. The third-order valence-corrected chi connectivity index (χ3v) is 4.25. The summed E-state index contributed by atoms with van der Waals surface area (Å²) in [6.45, 7) is 7.95. The summed E-state index contributed by atoms with van der Waals surface area (Å²) in [7, 11) is 0. The molecule has 0 aromatic heterocycles. The number of carbonyl (C=O) groups is 2. The van der Waals surface area contributed by atoms with Crippen LogP contribution in [0.3, 0.4) is 0 Å². The molecule has 1 atom stereocenters. The molecule has 2 amide bonds. The maximum absolute atomic E-state index is 11.8. The Morgan fingerprint density at radius 1 is 1.32 bits per heavy atom. The fourth-order valence-corrected chi connectivity index (χ4v) is 2.70. The lowest BCUT2D eigenvalue weighted by Crippen LogP contribution is -2.25. The summed E-state index contributed by atoms with van der Waals surface area (Å²) in [5, 5.41) is 7.83. The third kappa shape index (κ3) is 5.14. The van der Waals surface area contributed by atoms with Gasteiger partial charge in [-0.05, 0) is 44.9 Å². The summed E-state index contributed by atoms with van der Waals surface area (Å²) < 4.78 is 0. The number of carbonyl (C=O) groups excluding carboxylic acids is 2. The molecule has 2 N–H and O–H groups in total. The van der Waals surface area contributed by atoms with Crippen molar-refractivity contribution in [3.63, 3.8) is 0 Å². The van der Waals surface area contributed by atoms with Gasteiger partial charge in [-0.3, -0.25) is 9.59 Å². The van der Waals surface area contributed by atoms with Crippen molar-refractivity contribution in [1.29, 1.82) is 0 Å². The highest BCUT2D eigenvalue weighted by Crippen LogP contribution is 2.14. The van der Waals surface area contributed by atoms with Crippen molar-refractivity contribution in [1.82, 2.24) is 10.9 Å². The van der Waals surface area contributed by atoms with Gasteiger partial charge in [0.05, 0.1) is 12.1 Å². The zero-order chi connectivity index (χ0) is 18.2. The van der Waals surface area contributed by atoms with Crippen molar-refractivity contribution in [3.8, 4) is 0 Å². The first-order valence-electron chi connectivity index (χ1n) is 8.56. The van der Waals surface area contributed by atoms with Gasteiger partial charge in [0.1, 0.15) is 0 Å². The Morgan fingerprint density at radius 2 is 2.00 bits per heavy atom. The highest BCUT2D eigenvalue weighted by molar-refractivity contribution is 6.07. The molecule has 7 nitrogen and oxygen atoms in total. The number of amides is 2. The van der Waals surface area contributed by atoms with Crippen LogP contribution in [0.15, 0.2) is 34.5 Å². The molecule has 0 radical (unpaired) electrons. The maximum Gasteiger partial charge on any atom is 0.248 e. The molecule has 0 unspecified atom stereocenters. The molecule has 0 aliphatic carbocycles. The quantitative estimate of drug-likeness (QED) is 0.558. The van der Waals surface area contributed by atoms with Crippen LogP contribution in [0.1, 0.15) is 39.2 Å². The second kappa shape index (κ2) is 8.96. The molecule has 1 aliphatic rings. The van der Waals surface area contributed by atoms with E-state index < -0.39 is 0 Å². The fraction of sp³-hybridized carbons (Fsp3) is 0.444. The predicted molar refractivity (Wildman–Crippen MR) is 99.7 cm³/mol. The van der Waals surface area contributed by atoms with Gasteiger partial charge in [0.15, 0.2) is 0 Å². The lowest BCUT2D eigenvalue weighted by molar-refractivity contribution is -0.123. The zero-order valence-electron chi connectivity index (χ0n) is 15.0. The third-order valence-electron chi connectivity index (χ3n) is 4.25. The monoisotopic (exact) mass is 343 g/mol. The van der Waals surface area contributed by atoms with Crippen LogP contribution in [-0.2, 0) is 9.59 Å². The van der Waals surface area contributed by atoms with Crippen molar-refractivity contribution in [2.75, 3.05) is 18.0 Å². The fourth-order valence-electron chi connectivity index (χ4n) is 2.70. The zero-order valence-corrected chi connectivity index (χ0v) is 15.0. The van der Waals surface area contributed by atoms with Gasteiger partial charge >= 0.3 is 0 Å². The summed E-state index contributed by atoms with van der Waals surface area (Å²) in [6.07, 6.45) is 2.27. The van der Waals surface area contributed by atoms with Crippen LogP contribution in [-0.4, -0.2) is 36.8 Å². The van der Waals surface area contributed by atoms with E-state index >= 15 is 0 Å². The molecule has 0 spiro atoms. The maximum atomic E-state index is 11.8. The minimum Gasteiger partial charge on any atom is -0.372 e. The normalized spacial score (nSPS) is 16.7. The van der Waals surface area contributed by atoms with E-state index in [9.17, 15) is 9.59 Å². The molecule has 0 saturated carbocycles. The van der Waals surface area contributed by atoms with Crippen LogP contribution < -0.4 is 15.8 Å². The van der Waals surface area contributed by atoms with Gasteiger partial charge in [-0.25, -0.2) is 10.9 Å². The number of benzene rings is 1. The lowest BCUT2D eigenvalue weighted by atomic mass is 9.99. The summed E-state index contributed by atoms with van der Waals surface area (Å²) in [5.41, 5.74) is 7.70. The minimum absolute atomic E-state index is 0.151. The van der Waals surface area contributed by atoms with E-state index in [1.807, 2.05) is 24.3 Å². The van der Waals surface area contributed by atoms with Crippen molar-refractivity contribution in [3.05, 3.63) is 29.8 Å². The molecule has 2 rings (SSSR count).